The molecule has 0 saturated carbocycles. The van der Waals surface area contributed by atoms with E-state index in [1.54, 1.807) is 0 Å². The minimum absolute atomic E-state index is 0.0766. The molecule has 0 radical (unpaired) electrons. The molecule has 0 amide bonds. The molecule has 0 heterocycles. The van der Waals surface area contributed by atoms with Gasteiger partial charge in [0, 0.05) is 6.54 Å². The highest BCUT2D eigenvalue weighted by atomic mass is 19.1. The van der Waals surface area contributed by atoms with E-state index >= 15 is 0 Å². The molecule has 1 aromatic carbocycles. The lowest BCUT2D eigenvalue weighted by Gasteiger charge is -2.07. The van der Waals surface area contributed by atoms with Crippen LogP contribution in [0.2, 0.25) is 0 Å². The van der Waals surface area contributed by atoms with Crippen molar-refractivity contribution in [1.29, 1.82) is 0 Å². The maximum absolute atomic E-state index is 13.3. The summed E-state index contributed by atoms with van der Waals surface area (Å²) >= 11 is 0. The fourth-order valence-electron chi connectivity index (χ4n) is 1.67. The molecule has 1 nitrogen and oxygen atoms in total. The van der Waals surface area contributed by atoms with Crippen molar-refractivity contribution in [2.75, 3.05) is 6.54 Å². The van der Waals surface area contributed by atoms with E-state index < -0.39 is 0 Å². The summed E-state index contributed by atoms with van der Waals surface area (Å²) in [6, 6.07) is 3.84. The predicted octanol–water partition coefficient (Wildman–Crippen LogP) is 3.33. The number of rotatable bonds is 5. The normalized spacial score (nSPS) is 10.7. The Hall–Kier alpha value is -0.890. The molecule has 0 aliphatic heterocycles. The first-order chi connectivity index (χ1) is 7.15. The summed E-state index contributed by atoms with van der Waals surface area (Å²) in [5.74, 6) is -0.0766. The van der Waals surface area contributed by atoms with Crippen LogP contribution in [0.1, 0.15) is 36.5 Å². The lowest BCUT2D eigenvalue weighted by Crippen LogP contribution is -2.14. The number of unbranched alkanes of at least 4 members (excludes halogenated alkanes) is 1. The van der Waals surface area contributed by atoms with Crippen molar-refractivity contribution < 1.29 is 4.39 Å². The van der Waals surface area contributed by atoms with Crippen molar-refractivity contribution in [3.63, 3.8) is 0 Å². The van der Waals surface area contributed by atoms with Crippen molar-refractivity contribution in [2.45, 2.75) is 40.2 Å². The molecule has 0 aliphatic rings. The zero-order valence-corrected chi connectivity index (χ0v) is 9.86. The number of hydrogen-bond acceptors (Lipinski definition) is 1. The molecule has 0 saturated heterocycles. The maximum Gasteiger partial charge on any atom is 0.129 e. The highest BCUT2D eigenvalue weighted by molar-refractivity contribution is 5.30. The van der Waals surface area contributed by atoms with Crippen molar-refractivity contribution in [1.82, 2.24) is 5.32 Å². The van der Waals surface area contributed by atoms with E-state index in [9.17, 15) is 4.39 Å². The molecule has 0 aromatic heterocycles. The van der Waals surface area contributed by atoms with Crippen molar-refractivity contribution in [3.05, 3.63) is 34.6 Å². The van der Waals surface area contributed by atoms with Gasteiger partial charge in [-0.15, -0.1) is 0 Å². The second-order valence-electron chi connectivity index (χ2n) is 4.07. The standard InChI is InChI=1S/C13H20FN/c1-4-5-6-15-9-12-7-10(2)13(14)11(3)8-12/h7-8,15H,4-6,9H2,1-3H3. The third kappa shape index (κ3) is 3.63. The lowest BCUT2D eigenvalue weighted by molar-refractivity contribution is 0.604. The van der Waals surface area contributed by atoms with Crippen LogP contribution >= 0.6 is 0 Å². The fourth-order valence-corrected chi connectivity index (χ4v) is 1.67. The van der Waals surface area contributed by atoms with Crippen LogP contribution in [0.15, 0.2) is 12.1 Å². The van der Waals surface area contributed by atoms with Crippen LogP contribution in [0, 0.1) is 19.7 Å². The molecule has 1 N–H and O–H groups in total. The van der Waals surface area contributed by atoms with E-state index in [2.05, 4.69) is 12.2 Å². The summed E-state index contributed by atoms with van der Waals surface area (Å²) in [6.45, 7) is 7.68. The van der Waals surface area contributed by atoms with E-state index in [0.29, 0.717) is 0 Å². The Morgan fingerprint density at radius 1 is 1.20 bits per heavy atom. The zero-order valence-electron chi connectivity index (χ0n) is 9.86. The third-order valence-electron chi connectivity index (χ3n) is 2.53. The topological polar surface area (TPSA) is 12.0 Å². The Kier molecular flexibility index (Phi) is 4.76. The van der Waals surface area contributed by atoms with Crippen LogP contribution in [-0.4, -0.2) is 6.54 Å². The van der Waals surface area contributed by atoms with Gasteiger partial charge in [-0.05, 0) is 43.5 Å². The van der Waals surface area contributed by atoms with E-state index in [1.165, 1.54) is 18.4 Å². The van der Waals surface area contributed by atoms with Gasteiger partial charge in [0.1, 0.15) is 5.82 Å². The summed E-state index contributed by atoms with van der Waals surface area (Å²) in [7, 11) is 0. The van der Waals surface area contributed by atoms with Gasteiger partial charge < -0.3 is 5.32 Å². The number of halogens is 1. The highest BCUT2D eigenvalue weighted by Crippen LogP contribution is 2.14. The van der Waals surface area contributed by atoms with Crippen molar-refractivity contribution in [3.8, 4) is 0 Å². The SMILES string of the molecule is CCCCNCc1cc(C)c(F)c(C)c1. The Labute approximate surface area is 91.7 Å². The predicted molar refractivity (Wildman–Crippen MR) is 62.5 cm³/mol. The first kappa shape index (κ1) is 12.2. The van der Waals surface area contributed by atoms with Crippen LogP contribution in [0.4, 0.5) is 4.39 Å². The Balaban J connectivity index is 2.55. The molecule has 1 aromatic rings. The van der Waals surface area contributed by atoms with Gasteiger partial charge in [0.15, 0.2) is 0 Å². The zero-order chi connectivity index (χ0) is 11.3. The van der Waals surface area contributed by atoms with Gasteiger partial charge >= 0.3 is 0 Å². The number of benzene rings is 1. The molecule has 15 heavy (non-hydrogen) atoms. The van der Waals surface area contributed by atoms with Gasteiger partial charge in [-0.25, -0.2) is 4.39 Å². The molecule has 1 rings (SSSR count). The Bertz CT molecular complexity index is 297. The molecule has 0 fully saturated rings. The summed E-state index contributed by atoms with van der Waals surface area (Å²) in [5, 5.41) is 3.35. The van der Waals surface area contributed by atoms with E-state index in [0.717, 1.165) is 24.2 Å². The largest absolute Gasteiger partial charge is 0.313 e. The molecule has 0 unspecified atom stereocenters. The van der Waals surface area contributed by atoms with Crippen LogP contribution in [-0.2, 0) is 6.54 Å². The van der Waals surface area contributed by atoms with Crippen LogP contribution in [0.25, 0.3) is 0 Å². The summed E-state index contributed by atoms with van der Waals surface area (Å²) in [4.78, 5) is 0. The van der Waals surface area contributed by atoms with E-state index in [-0.39, 0.29) is 5.82 Å². The summed E-state index contributed by atoms with van der Waals surface area (Å²) in [5.41, 5.74) is 2.65. The number of hydrogen-bond donors (Lipinski definition) is 1. The minimum Gasteiger partial charge on any atom is -0.313 e. The molecular weight excluding hydrogens is 189 g/mol. The molecule has 2 heteroatoms. The van der Waals surface area contributed by atoms with Crippen LogP contribution < -0.4 is 5.32 Å². The smallest absolute Gasteiger partial charge is 0.129 e. The average molecular weight is 209 g/mol. The highest BCUT2D eigenvalue weighted by Gasteiger charge is 2.03. The molecule has 0 atom stereocenters. The van der Waals surface area contributed by atoms with Crippen LogP contribution in [0.5, 0.6) is 0 Å². The average Bonchev–Trinajstić information content (AvgIpc) is 2.21. The van der Waals surface area contributed by atoms with Gasteiger partial charge in [-0.3, -0.25) is 0 Å². The van der Waals surface area contributed by atoms with E-state index in [1.807, 2.05) is 26.0 Å². The second kappa shape index (κ2) is 5.86. The van der Waals surface area contributed by atoms with Gasteiger partial charge in [-0.1, -0.05) is 25.5 Å². The molecule has 0 aliphatic carbocycles. The summed E-state index contributed by atoms with van der Waals surface area (Å²) in [6.07, 6.45) is 2.40. The Morgan fingerprint density at radius 2 is 1.80 bits per heavy atom. The molecule has 0 spiro atoms. The number of nitrogens with one attached hydrogen (secondary N) is 1. The monoisotopic (exact) mass is 209 g/mol. The minimum atomic E-state index is -0.0766. The van der Waals surface area contributed by atoms with Crippen molar-refractivity contribution in [2.24, 2.45) is 0 Å². The summed E-state index contributed by atoms with van der Waals surface area (Å²) < 4.78 is 13.3. The van der Waals surface area contributed by atoms with Gasteiger partial charge in [0.2, 0.25) is 0 Å². The quantitative estimate of drug-likeness (QED) is 0.733. The van der Waals surface area contributed by atoms with E-state index in [4.69, 9.17) is 0 Å². The molecular formula is C13H20FN. The lowest BCUT2D eigenvalue weighted by atomic mass is 10.1. The second-order valence-corrected chi connectivity index (χ2v) is 4.07. The molecule has 0 bridgehead atoms. The van der Waals surface area contributed by atoms with Gasteiger partial charge in [-0.2, -0.15) is 0 Å². The maximum atomic E-state index is 13.3. The first-order valence-corrected chi connectivity index (χ1v) is 5.61. The van der Waals surface area contributed by atoms with Crippen molar-refractivity contribution >= 4 is 0 Å². The molecule has 84 valence electrons. The number of aryl methyl sites for hydroxylation is 2. The first-order valence-electron chi connectivity index (χ1n) is 5.61. The Morgan fingerprint density at radius 3 is 2.33 bits per heavy atom. The van der Waals surface area contributed by atoms with Gasteiger partial charge in [0.05, 0.1) is 0 Å². The fraction of sp³-hybridized carbons (Fsp3) is 0.538. The third-order valence-corrected chi connectivity index (χ3v) is 2.53. The van der Waals surface area contributed by atoms with Crippen LogP contribution in [0.3, 0.4) is 0 Å². The van der Waals surface area contributed by atoms with Gasteiger partial charge in [0.25, 0.3) is 0 Å².